The first kappa shape index (κ1) is 11.3. The predicted molar refractivity (Wildman–Crippen MR) is 62.2 cm³/mol. The molecule has 1 rings (SSSR count). The molecule has 0 unspecified atom stereocenters. The van der Waals surface area contributed by atoms with E-state index >= 15 is 0 Å². The Morgan fingerprint density at radius 1 is 1.43 bits per heavy atom. The summed E-state index contributed by atoms with van der Waals surface area (Å²) >= 11 is 0. The van der Waals surface area contributed by atoms with Gasteiger partial charge < -0.3 is 10.2 Å². The van der Waals surface area contributed by atoms with Crippen molar-refractivity contribution in [1.82, 2.24) is 10.2 Å². The second kappa shape index (κ2) is 4.18. The maximum absolute atomic E-state index is 4.10. The lowest BCUT2D eigenvalue weighted by molar-refractivity contribution is 0.346. The van der Waals surface area contributed by atoms with Gasteiger partial charge in [-0.3, -0.25) is 0 Å². The molecule has 0 aromatic carbocycles. The van der Waals surface area contributed by atoms with E-state index < -0.39 is 0 Å². The molecular weight excluding hydrogens is 172 g/mol. The Kier molecular flexibility index (Phi) is 3.38. The number of nitrogens with zero attached hydrogens (tertiary/aromatic N) is 1. The topological polar surface area (TPSA) is 15.3 Å². The third kappa shape index (κ3) is 3.54. The van der Waals surface area contributed by atoms with Gasteiger partial charge in [0.15, 0.2) is 0 Å². The van der Waals surface area contributed by atoms with Crippen LogP contribution in [0.2, 0.25) is 0 Å². The Balaban J connectivity index is 2.60. The minimum atomic E-state index is 0.142. The maximum atomic E-state index is 4.10. The molecule has 1 N–H and O–H groups in total. The molecule has 0 aliphatic carbocycles. The summed E-state index contributed by atoms with van der Waals surface area (Å²) < 4.78 is 0. The third-order valence-corrected chi connectivity index (χ3v) is 2.37. The number of rotatable bonds is 1. The summed E-state index contributed by atoms with van der Waals surface area (Å²) in [5, 5.41) is 3.39. The van der Waals surface area contributed by atoms with Crippen molar-refractivity contribution < 1.29 is 0 Å². The average molecular weight is 194 g/mol. The van der Waals surface area contributed by atoms with Crippen LogP contribution < -0.4 is 5.32 Å². The average Bonchev–Trinajstić information content (AvgIpc) is 2.05. The van der Waals surface area contributed by atoms with Crippen LogP contribution in [0.25, 0.3) is 0 Å². The van der Waals surface area contributed by atoms with Crippen molar-refractivity contribution in [2.75, 3.05) is 20.1 Å². The zero-order chi connectivity index (χ0) is 10.8. The van der Waals surface area contributed by atoms with Gasteiger partial charge in [0.05, 0.1) is 0 Å². The lowest BCUT2D eigenvalue weighted by atomic mass is 10.0. The molecule has 1 aliphatic heterocycles. The summed E-state index contributed by atoms with van der Waals surface area (Å²) in [6.45, 7) is 12.7. The van der Waals surface area contributed by atoms with E-state index in [1.54, 1.807) is 0 Å². The highest BCUT2D eigenvalue weighted by molar-refractivity contribution is 5.31. The molecule has 0 aromatic heterocycles. The second-order valence-corrected chi connectivity index (χ2v) is 5.16. The fourth-order valence-electron chi connectivity index (χ4n) is 1.42. The largest absolute Gasteiger partial charge is 0.386 e. The summed E-state index contributed by atoms with van der Waals surface area (Å²) in [4.78, 5) is 2.32. The predicted octanol–water partition coefficient (Wildman–Crippen LogP) is 2.15. The van der Waals surface area contributed by atoms with Crippen LogP contribution >= 0.6 is 0 Å². The van der Waals surface area contributed by atoms with Crippen LogP contribution in [0.1, 0.15) is 27.2 Å². The maximum Gasteiger partial charge on any atom is 0.0284 e. The molecule has 0 amide bonds. The quantitative estimate of drug-likeness (QED) is 0.688. The van der Waals surface area contributed by atoms with Crippen molar-refractivity contribution in [1.29, 1.82) is 0 Å². The lowest BCUT2D eigenvalue weighted by Gasteiger charge is -2.28. The van der Waals surface area contributed by atoms with E-state index in [0.29, 0.717) is 0 Å². The smallest absolute Gasteiger partial charge is 0.0284 e. The Labute approximate surface area is 87.7 Å². The van der Waals surface area contributed by atoms with E-state index in [2.05, 4.69) is 50.8 Å². The number of hydrogen-bond acceptors (Lipinski definition) is 2. The molecule has 0 bridgehead atoms. The molecule has 0 aromatic rings. The highest BCUT2D eigenvalue weighted by Crippen LogP contribution is 2.18. The highest BCUT2D eigenvalue weighted by atomic mass is 15.1. The molecular formula is C12H22N2. The molecule has 1 heterocycles. The van der Waals surface area contributed by atoms with Crippen LogP contribution in [0.15, 0.2) is 23.9 Å². The Bertz CT molecular complexity index is 246. The van der Waals surface area contributed by atoms with Crippen molar-refractivity contribution in [3.8, 4) is 0 Å². The van der Waals surface area contributed by atoms with Gasteiger partial charge in [-0.05, 0) is 45.4 Å². The summed E-state index contributed by atoms with van der Waals surface area (Å²) in [7, 11) is 2.15. The van der Waals surface area contributed by atoms with Gasteiger partial charge in [0, 0.05) is 24.8 Å². The van der Waals surface area contributed by atoms with Crippen molar-refractivity contribution in [2.45, 2.75) is 32.7 Å². The zero-order valence-electron chi connectivity index (χ0n) is 9.85. The van der Waals surface area contributed by atoms with Crippen LogP contribution in [0.5, 0.6) is 0 Å². The van der Waals surface area contributed by atoms with Gasteiger partial charge >= 0.3 is 0 Å². The first-order chi connectivity index (χ1) is 6.38. The van der Waals surface area contributed by atoms with Crippen LogP contribution in [-0.4, -0.2) is 30.6 Å². The summed E-state index contributed by atoms with van der Waals surface area (Å²) in [5.74, 6) is 0. The van der Waals surface area contributed by atoms with E-state index in [9.17, 15) is 0 Å². The van der Waals surface area contributed by atoms with Gasteiger partial charge in [-0.1, -0.05) is 6.58 Å². The Morgan fingerprint density at radius 2 is 2.07 bits per heavy atom. The number of likely N-dealkylation sites (tertiary alicyclic amines) is 1. The monoisotopic (exact) mass is 194 g/mol. The Morgan fingerprint density at radius 3 is 2.64 bits per heavy atom. The molecule has 1 aliphatic rings. The fraction of sp³-hybridized carbons (Fsp3) is 0.667. The summed E-state index contributed by atoms with van der Waals surface area (Å²) in [6, 6.07) is 0. The van der Waals surface area contributed by atoms with Gasteiger partial charge in [0.2, 0.25) is 0 Å². The fourth-order valence-corrected chi connectivity index (χ4v) is 1.42. The van der Waals surface area contributed by atoms with Crippen LogP contribution in [0.3, 0.4) is 0 Å². The molecule has 0 saturated carbocycles. The van der Waals surface area contributed by atoms with E-state index in [0.717, 1.165) is 19.5 Å². The van der Waals surface area contributed by atoms with Crippen molar-refractivity contribution in [3.63, 3.8) is 0 Å². The van der Waals surface area contributed by atoms with E-state index in [1.807, 2.05) is 0 Å². The van der Waals surface area contributed by atoms with E-state index in [4.69, 9.17) is 0 Å². The van der Waals surface area contributed by atoms with Gasteiger partial charge in [-0.15, -0.1) is 0 Å². The number of likely N-dealkylation sites (N-methyl/N-ethyl adjacent to an activating group) is 1. The highest BCUT2D eigenvalue weighted by Gasteiger charge is 2.14. The molecule has 80 valence electrons. The first-order valence-corrected chi connectivity index (χ1v) is 5.22. The lowest BCUT2D eigenvalue weighted by Crippen LogP contribution is -2.34. The molecule has 2 nitrogen and oxygen atoms in total. The second-order valence-electron chi connectivity index (χ2n) is 5.16. The van der Waals surface area contributed by atoms with E-state index in [1.165, 1.54) is 11.1 Å². The van der Waals surface area contributed by atoms with Crippen LogP contribution in [0.4, 0.5) is 0 Å². The van der Waals surface area contributed by atoms with Crippen LogP contribution in [-0.2, 0) is 0 Å². The van der Waals surface area contributed by atoms with Gasteiger partial charge in [-0.2, -0.15) is 0 Å². The number of hydrogen-bond donors (Lipinski definition) is 1. The number of nitrogens with one attached hydrogen (secondary N) is 1. The summed E-state index contributed by atoms with van der Waals surface area (Å²) in [6.07, 6.45) is 3.21. The molecule has 0 radical (unpaired) electrons. The zero-order valence-corrected chi connectivity index (χ0v) is 9.85. The molecule has 14 heavy (non-hydrogen) atoms. The van der Waals surface area contributed by atoms with Gasteiger partial charge in [0.1, 0.15) is 0 Å². The molecule has 1 saturated heterocycles. The minimum absolute atomic E-state index is 0.142. The van der Waals surface area contributed by atoms with Crippen LogP contribution in [0, 0.1) is 0 Å². The molecule has 0 atom stereocenters. The van der Waals surface area contributed by atoms with Crippen molar-refractivity contribution >= 4 is 0 Å². The normalized spacial score (nSPS) is 22.9. The summed E-state index contributed by atoms with van der Waals surface area (Å²) in [5.41, 5.74) is 2.76. The SMILES string of the molecule is C=C1CCN(C)C/C1=C/NC(C)(C)C. The van der Waals surface area contributed by atoms with Gasteiger partial charge in [-0.25, -0.2) is 0 Å². The third-order valence-electron chi connectivity index (χ3n) is 2.37. The van der Waals surface area contributed by atoms with E-state index in [-0.39, 0.29) is 5.54 Å². The Hall–Kier alpha value is -0.760. The first-order valence-electron chi connectivity index (χ1n) is 5.22. The molecule has 0 spiro atoms. The van der Waals surface area contributed by atoms with Crippen molar-refractivity contribution in [2.24, 2.45) is 0 Å². The standard InChI is InChI=1S/C12H22N2/c1-10-6-7-14(5)9-11(10)8-13-12(2,3)4/h8,13H,1,6-7,9H2,2-5H3/b11-8-. The molecule has 2 heteroatoms. The van der Waals surface area contributed by atoms with Gasteiger partial charge in [0.25, 0.3) is 0 Å². The minimum Gasteiger partial charge on any atom is -0.386 e. The number of piperidine rings is 1. The molecule has 1 fully saturated rings. The van der Waals surface area contributed by atoms with Crippen molar-refractivity contribution in [3.05, 3.63) is 23.9 Å².